The highest BCUT2D eigenvalue weighted by atomic mass is 35.5. The van der Waals surface area contributed by atoms with Crippen molar-refractivity contribution in [1.82, 2.24) is 14.8 Å². The van der Waals surface area contributed by atoms with E-state index in [-0.39, 0.29) is 0 Å². The minimum absolute atomic E-state index is 0.693. The van der Waals surface area contributed by atoms with Crippen LogP contribution < -0.4 is 0 Å². The highest BCUT2D eigenvalue weighted by Crippen LogP contribution is 2.24. The molecule has 1 aromatic heterocycles. The number of aryl methyl sites for hydroxylation is 1. The summed E-state index contributed by atoms with van der Waals surface area (Å²) in [6, 6.07) is 7.58. The molecule has 0 aliphatic rings. The molecule has 13 heavy (non-hydrogen) atoms. The van der Waals surface area contributed by atoms with Gasteiger partial charge >= 0.3 is 0 Å². The summed E-state index contributed by atoms with van der Waals surface area (Å²) >= 11 is 6.01. The van der Waals surface area contributed by atoms with Crippen LogP contribution in [-0.2, 0) is 7.05 Å². The smallest absolute Gasteiger partial charge is 0.164 e. The third kappa shape index (κ3) is 1.42. The number of aromatic nitrogens is 3. The predicted molar refractivity (Wildman–Crippen MR) is 51.4 cm³/mol. The van der Waals surface area contributed by atoms with E-state index < -0.39 is 0 Å². The van der Waals surface area contributed by atoms with E-state index in [2.05, 4.69) is 10.2 Å². The molecular weight excluding hydrogens is 186 g/mol. The molecule has 0 saturated heterocycles. The van der Waals surface area contributed by atoms with Crippen molar-refractivity contribution in [2.24, 2.45) is 7.05 Å². The van der Waals surface area contributed by atoms with E-state index in [4.69, 9.17) is 11.6 Å². The Labute approximate surface area is 81.0 Å². The molecule has 0 spiro atoms. The lowest BCUT2D eigenvalue weighted by Crippen LogP contribution is -1.91. The monoisotopic (exact) mass is 193 g/mol. The van der Waals surface area contributed by atoms with Crippen LogP contribution in [0.4, 0.5) is 0 Å². The summed E-state index contributed by atoms with van der Waals surface area (Å²) in [5, 5.41) is 8.46. The van der Waals surface area contributed by atoms with E-state index in [0.717, 1.165) is 11.4 Å². The van der Waals surface area contributed by atoms with Gasteiger partial charge in [-0.25, -0.2) is 0 Å². The standard InChI is InChI=1S/C9H8ClN3/c1-13-6-11-12-9(13)7-4-2-3-5-8(7)10/h2-6H,1H3. The van der Waals surface area contributed by atoms with Crippen LogP contribution in [0.1, 0.15) is 0 Å². The Morgan fingerprint density at radius 3 is 2.69 bits per heavy atom. The molecular formula is C9H8ClN3. The van der Waals surface area contributed by atoms with E-state index in [0.29, 0.717) is 5.02 Å². The van der Waals surface area contributed by atoms with E-state index >= 15 is 0 Å². The first kappa shape index (κ1) is 8.26. The van der Waals surface area contributed by atoms with Crippen molar-refractivity contribution in [2.45, 2.75) is 0 Å². The fraction of sp³-hybridized carbons (Fsp3) is 0.111. The fourth-order valence-corrected chi connectivity index (χ4v) is 1.39. The Morgan fingerprint density at radius 1 is 1.31 bits per heavy atom. The lowest BCUT2D eigenvalue weighted by molar-refractivity contribution is 0.920. The van der Waals surface area contributed by atoms with Gasteiger partial charge in [0.2, 0.25) is 0 Å². The summed E-state index contributed by atoms with van der Waals surface area (Å²) in [6.07, 6.45) is 1.65. The summed E-state index contributed by atoms with van der Waals surface area (Å²) in [5.74, 6) is 0.783. The summed E-state index contributed by atoms with van der Waals surface area (Å²) in [6.45, 7) is 0. The van der Waals surface area contributed by atoms with E-state index in [1.165, 1.54) is 0 Å². The van der Waals surface area contributed by atoms with Gasteiger partial charge in [-0.3, -0.25) is 0 Å². The Kier molecular flexibility index (Phi) is 2.02. The zero-order valence-corrected chi connectivity index (χ0v) is 7.86. The Bertz CT molecular complexity index is 422. The maximum atomic E-state index is 6.01. The molecule has 0 unspecified atom stereocenters. The van der Waals surface area contributed by atoms with Crippen LogP contribution in [0.3, 0.4) is 0 Å². The molecule has 1 heterocycles. The lowest BCUT2D eigenvalue weighted by atomic mass is 10.2. The van der Waals surface area contributed by atoms with Gasteiger partial charge in [0, 0.05) is 12.6 Å². The first-order valence-electron chi connectivity index (χ1n) is 3.88. The highest BCUT2D eigenvalue weighted by Gasteiger charge is 2.06. The van der Waals surface area contributed by atoms with Gasteiger partial charge in [0.1, 0.15) is 6.33 Å². The second-order valence-corrected chi connectivity index (χ2v) is 3.15. The van der Waals surface area contributed by atoms with E-state index in [1.807, 2.05) is 35.9 Å². The number of hydrogen-bond donors (Lipinski definition) is 0. The second kappa shape index (κ2) is 3.18. The number of rotatable bonds is 1. The van der Waals surface area contributed by atoms with E-state index in [1.54, 1.807) is 6.33 Å². The van der Waals surface area contributed by atoms with Gasteiger partial charge in [-0.2, -0.15) is 0 Å². The summed E-state index contributed by atoms with van der Waals surface area (Å²) in [5.41, 5.74) is 0.907. The van der Waals surface area contributed by atoms with Gasteiger partial charge in [0.15, 0.2) is 5.82 Å². The Balaban J connectivity index is 2.59. The zero-order chi connectivity index (χ0) is 9.26. The first-order chi connectivity index (χ1) is 6.29. The van der Waals surface area contributed by atoms with Crippen molar-refractivity contribution in [3.8, 4) is 11.4 Å². The summed E-state index contributed by atoms with van der Waals surface area (Å²) < 4.78 is 1.83. The third-order valence-electron chi connectivity index (χ3n) is 1.83. The minimum atomic E-state index is 0.693. The molecule has 0 radical (unpaired) electrons. The maximum Gasteiger partial charge on any atom is 0.164 e. The van der Waals surface area contributed by atoms with Gasteiger partial charge < -0.3 is 4.57 Å². The van der Waals surface area contributed by atoms with Gasteiger partial charge in [-0.05, 0) is 12.1 Å². The molecule has 0 amide bonds. The number of benzene rings is 1. The fourth-order valence-electron chi connectivity index (χ4n) is 1.17. The molecule has 4 heteroatoms. The maximum absolute atomic E-state index is 6.01. The van der Waals surface area contributed by atoms with Crippen LogP contribution in [0, 0.1) is 0 Å². The molecule has 0 aliphatic carbocycles. The number of hydrogen-bond acceptors (Lipinski definition) is 2. The molecule has 1 aromatic carbocycles. The molecule has 2 rings (SSSR count). The second-order valence-electron chi connectivity index (χ2n) is 2.75. The molecule has 2 aromatic rings. The summed E-state index contributed by atoms with van der Waals surface area (Å²) in [4.78, 5) is 0. The van der Waals surface area contributed by atoms with Crippen LogP contribution in [0.15, 0.2) is 30.6 Å². The topological polar surface area (TPSA) is 30.7 Å². The largest absolute Gasteiger partial charge is 0.317 e. The molecule has 0 atom stereocenters. The first-order valence-corrected chi connectivity index (χ1v) is 4.26. The summed E-state index contributed by atoms with van der Waals surface area (Å²) in [7, 11) is 1.89. The zero-order valence-electron chi connectivity index (χ0n) is 7.11. The van der Waals surface area contributed by atoms with Crippen molar-refractivity contribution in [1.29, 1.82) is 0 Å². The lowest BCUT2D eigenvalue weighted by Gasteiger charge is -2.01. The van der Waals surface area contributed by atoms with Crippen molar-refractivity contribution < 1.29 is 0 Å². The van der Waals surface area contributed by atoms with Crippen LogP contribution >= 0.6 is 11.6 Å². The average molecular weight is 194 g/mol. The highest BCUT2D eigenvalue weighted by molar-refractivity contribution is 6.33. The number of nitrogens with zero attached hydrogens (tertiary/aromatic N) is 3. The van der Waals surface area contributed by atoms with Gasteiger partial charge in [0.05, 0.1) is 5.02 Å². The van der Waals surface area contributed by atoms with Crippen LogP contribution in [0.2, 0.25) is 5.02 Å². The van der Waals surface area contributed by atoms with Crippen LogP contribution in [0.5, 0.6) is 0 Å². The normalized spacial score (nSPS) is 10.3. The van der Waals surface area contributed by atoms with Crippen molar-refractivity contribution in [2.75, 3.05) is 0 Å². The Hall–Kier alpha value is -1.35. The van der Waals surface area contributed by atoms with Gasteiger partial charge in [-0.15, -0.1) is 10.2 Å². The van der Waals surface area contributed by atoms with Crippen molar-refractivity contribution in [3.63, 3.8) is 0 Å². The molecule has 66 valence electrons. The average Bonchev–Trinajstić information content (AvgIpc) is 2.52. The van der Waals surface area contributed by atoms with Crippen molar-refractivity contribution in [3.05, 3.63) is 35.6 Å². The molecule has 0 N–H and O–H groups in total. The van der Waals surface area contributed by atoms with Crippen LogP contribution in [0.25, 0.3) is 11.4 Å². The van der Waals surface area contributed by atoms with E-state index in [9.17, 15) is 0 Å². The third-order valence-corrected chi connectivity index (χ3v) is 2.16. The van der Waals surface area contributed by atoms with Gasteiger partial charge in [-0.1, -0.05) is 23.7 Å². The molecule has 3 nitrogen and oxygen atoms in total. The minimum Gasteiger partial charge on any atom is -0.317 e. The van der Waals surface area contributed by atoms with Crippen molar-refractivity contribution >= 4 is 11.6 Å². The predicted octanol–water partition coefficient (Wildman–Crippen LogP) is 2.14. The molecule has 0 aliphatic heterocycles. The van der Waals surface area contributed by atoms with Gasteiger partial charge in [0.25, 0.3) is 0 Å². The number of halogens is 1. The molecule has 0 bridgehead atoms. The molecule has 0 saturated carbocycles. The quantitative estimate of drug-likeness (QED) is 0.695. The SMILES string of the molecule is Cn1cnnc1-c1ccccc1Cl. The molecule has 0 fully saturated rings. The van der Waals surface area contributed by atoms with Crippen LogP contribution in [-0.4, -0.2) is 14.8 Å². The Morgan fingerprint density at radius 2 is 2.08 bits per heavy atom.